The summed E-state index contributed by atoms with van der Waals surface area (Å²) < 4.78 is 13.7. The molecule has 0 radical (unpaired) electrons. The lowest BCUT2D eigenvalue weighted by Crippen LogP contribution is -2.41. The lowest BCUT2D eigenvalue weighted by atomic mass is 9.92. The maximum Gasteiger partial charge on any atom is 0.253 e. The first-order valence-electron chi connectivity index (χ1n) is 13.4. The zero-order chi connectivity index (χ0) is 27.7. The number of aryl methyl sites for hydroxylation is 2. The lowest BCUT2D eigenvalue weighted by molar-refractivity contribution is 0.0135. The van der Waals surface area contributed by atoms with Crippen molar-refractivity contribution in [2.45, 2.75) is 46.3 Å². The Bertz CT molecular complexity index is 1560. The third-order valence-electron chi connectivity index (χ3n) is 7.77. The minimum Gasteiger partial charge on any atom is -0.497 e. The predicted molar refractivity (Wildman–Crippen MR) is 153 cm³/mol. The number of amides is 1. The molecule has 8 nitrogen and oxygen atoms in total. The number of nitrogens with one attached hydrogen (secondary N) is 3. The van der Waals surface area contributed by atoms with E-state index in [1.165, 1.54) is 0 Å². The Balaban J connectivity index is 1.58. The van der Waals surface area contributed by atoms with Crippen LogP contribution in [0.5, 0.6) is 5.75 Å². The number of aromatic nitrogens is 2. The summed E-state index contributed by atoms with van der Waals surface area (Å²) in [6.07, 6.45) is 2.06. The van der Waals surface area contributed by atoms with Crippen LogP contribution in [0.15, 0.2) is 53.5 Å². The molecule has 3 aromatic heterocycles. The Kier molecular flexibility index (Phi) is 7.59. The van der Waals surface area contributed by atoms with Crippen LogP contribution >= 0.6 is 0 Å². The molecule has 1 amide bonds. The van der Waals surface area contributed by atoms with E-state index in [1.807, 2.05) is 57.2 Å². The van der Waals surface area contributed by atoms with Crippen LogP contribution in [0.3, 0.4) is 0 Å². The Labute approximate surface area is 228 Å². The highest BCUT2D eigenvalue weighted by Crippen LogP contribution is 2.34. The third kappa shape index (κ3) is 5.22. The van der Waals surface area contributed by atoms with Crippen molar-refractivity contribution in [3.63, 3.8) is 0 Å². The molecule has 1 saturated heterocycles. The number of carbonyl (C=O) groups excluding carboxylic acids is 1. The smallest absolute Gasteiger partial charge is 0.253 e. The number of hydrogen-bond donors (Lipinski definition) is 3. The Morgan fingerprint density at radius 3 is 2.62 bits per heavy atom. The number of pyridine rings is 2. The number of aromatic amines is 1. The predicted octanol–water partition coefficient (Wildman–Crippen LogP) is 4.25. The molecule has 0 saturated carbocycles. The molecule has 4 heterocycles. The van der Waals surface area contributed by atoms with Gasteiger partial charge in [0, 0.05) is 59.8 Å². The van der Waals surface area contributed by atoms with Crippen molar-refractivity contribution in [1.29, 1.82) is 0 Å². The first-order chi connectivity index (χ1) is 18.8. The number of methoxy groups -OCH3 is 1. The fourth-order valence-electron chi connectivity index (χ4n) is 5.62. The minimum atomic E-state index is -0.215. The van der Waals surface area contributed by atoms with Crippen LogP contribution in [0, 0.1) is 20.8 Å². The Morgan fingerprint density at radius 1 is 1.18 bits per heavy atom. The number of fused-ring (bicyclic) bond motifs is 1. The summed E-state index contributed by atoms with van der Waals surface area (Å²) >= 11 is 0. The van der Waals surface area contributed by atoms with Gasteiger partial charge in [-0.2, -0.15) is 0 Å². The number of ether oxygens (including phenoxy) is 2. The first-order valence-corrected chi connectivity index (χ1v) is 13.4. The zero-order valence-electron chi connectivity index (χ0n) is 23.2. The summed E-state index contributed by atoms with van der Waals surface area (Å²) in [6, 6.07) is 13.9. The van der Waals surface area contributed by atoms with Gasteiger partial charge in [0.25, 0.3) is 11.5 Å². The van der Waals surface area contributed by atoms with Crippen LogP contribution in [-0.4, -0.2) is 48.2 Å². The quantitative estimate of drug-likeness (QED) is 0.333. The average molecular weight is 529 g/mol. The molecule has 8 heteroatoms. The van der Waals surface area contributed by atoms with Gasteiger partial charge in [-0.3, -0.25) is 9.59 Å². The van der Waals surface area contributed by atoms with Crippen molar-refractivity contribution in [3.8, 4) is 16.9 Å². The molecule has 5 rings (SSSR count). The molecular weight excluding hydrogens is 492 g/mol. The van der Waals surface area contributed by atoms with Gasteiger partial charge in [0.2, 0.25) is 0 Å². The van der Waals surface area contributed by atoms with E-state index >= 15 is 0 Å². The van der Waals surface area contributed by atoms with Crippen molar-refractivity contribution >= 4 is 11.4 Å². The summed E-state index contributed by atoms with van der Waals surface area (Å²) in [5, 5.41) is 6.43. The maximum atomic E-state index is 13.7. The largest absolute Gasteiger partial charge is 0.497 e. The molecule has 2 unspecified atom stereocenters. The van der Waals surface area contributed by atoms with Crippen LogP contribution < -0.4 is 20.9 Å². The van der Waals surface area contributed by atoms with Gasteiger partial charge in [-0.25, -0.2) is 0 Å². The van der Waals surface area contributed by atoms with E-state index < -0.39 is 0 Å². The van der Waals surface area contributed by atoms with Crippen LogP contribution in [0.1, 0.15) is 51.3 Å². The van der Waals surface area contributed by atoms with Crippen LogP contribution in [0.25, 0.3) is 16.6 Å². The molecule has 0 spiro atoms. The normalized spacial score (nSPS) is 16.3. The van der Waals surface area contributed by atoms with Crippen LogP contribution in [0.4, 0.5) is 0 Å². The number of rotatable bonds is 7. The molecule has 1 aromatic carbocycles. The van der Waals surface area contributed by atoms with E-state index in [9.17, 15) is 9.59 Å². The molecule has 204 valence electrons. The fraction of sp³-hybridized carbons (Fsp3) is 0.355. The number of nitrogens with zero attached hydrogens (tertiary/aromatic N) is 1. The van der Waals surface area contributed by atoms with E-state index in [0.717, 1.165) is 58.0 Å². The molecular formula is C31H36N4O4. The zero-order valence-corrected chi connectivity index (χ0v) is 23.2. The topological polar surface area (TPSA) is 96.9 Å². The highest BCUT2D eigenvalue weighted by Gasteiger charge is 2.28. The maximum absolute atomic E-state index is 13.7. The first kappa shape index (κ1) is 26.7. The second kappa shape index (κ2) is 11.1. The number of morpholine rings is 1. The SMILES string of the molecule is COc1ccc(-c2ccn3c(C(C)C4CNCCO4)c(C)c(C(=O)NCc4c(C)cc(C)[nH]c4=O)cc23)cc1. The summed E-state index contributed by atoms with van der Waals surface area (Å²) in [4.78, 5) is 29.1. The van der Waals surface area contributed by atoms with Gasteiger partial charge in [0.05, 0.1) is 25.3 Å². The molecule has 1 aliphatic rings. The Morgan fingerprint density at radius 2 is 1.95 bits per heavy atom. The molecule has 2 atom stereocenters. The summed E-state index contributed by atoms with van der Waals surface area (Å²) in [7, 11) is 1.65. The fourth-order valence-corrected chi connectivity index (χ4v) is 5.62. The van der Waals surface area contributed by atoms with E-state index in [1.54, 1.807) is 7.11 Å². The average Bonchev–Trinajstić information content (AvgIpc) is 3.35. The number of H-pyrrole nitrogens is 1. The van der Waals surface area contributed by atoms with E-state index in [4.69, 9.17) is 9.47 Å². The molecule has 4 aromatic rings. The van der Waals surface area contributed by atoms with Gasteiger partial charge in [-0.1, -0.05) is 19.1 Å². The summed E-state index contributed by atoms with van der Waals surface area (Å²) in [5.74, 6) is 0.606. The molecule has 0 bridgehead atoms. The molecule has 39 heavy (non-hydrogen) atoms. The number of carbonyl (C=O) groups is 1. The summed E-state index contributed by atoms with van der Waals surface area (Å²) in [6.45, 7) is 10.3. The highest BCUT2D eigenvalue weighted by atomic mass is 16.5. The molecule has 1 fully saturated rings. The lowest BCUT2D eigenvalue weighted by Gasteiger charge is -2.31. The van der Waals surface area contributed by atoms with Crippen LogP contribution in [-0.2, 0) is 11.3 Å². The third-order valence-corrected chi connectivity index (χ3v) is 7.77. The second-order valence-electron chi connectivity index (χ2n) is 10.3. The molecule has 0 aliphatic carbocycles. The standard InChI is InChI=1S/C31H36N4O4/c1-18-14-19(2)34-31(37)26(18)16-33-30(36)25-15-27-24(22-6-8-23(38-5)9-7-22)10-12-35(27)29(20(25)3)21(4)28-17-32-11-13-39-28/h6-10,12,14-15,21,28,32H,11,13,16-17H2,1-5H3,(H,33,36)(H,34,37). The van der Waals surface area contributed by atoms with Gasteiger partial charge in [-0.15, -0.1) is 0 Å². The molecule has 3 N–H and O–H groups in total. The molecule has 1 aliphatic heterocycles. The van der Waals surface area contributed by atoms with Crippen LogP contribution in [0.2, 0.25) is 0 Å². The van der Waals surface area contributed by atoms with Gasteiger partial charge in [0.15, 0.2) is 0 Å². The number of benzene rings is 1. The van der Waals surface area contributed by atoms with Gasteiger partial charge in [0.1, 0.15) is 5.75 Å². The number of hydrogen-bond acceptors (Lipinski definition) is 5. The minimum absolute atomic E-state index is 0.0143. The second-order valence-corrected chi connectivity index (χ2v) is 10.3. The monoisotopic (exact) mass is 528 g/mol. The van der Waals surface area contributed by atoms with Gasteiger partial charge in [-0.05, 0) is 67.8 Å². The van der Waals surface area contributed by atoms with E-state index in [2.05, 4.69) is 39.2 Å². The van der Waals surface area contributed by atoms with Crippen molar-refractivity contribution in [2.24, 2.45) is 0 Å². The highest BCUT2D eigenvalue weighted by molar-refractivity contribution is 5.98. The van der Waals surface area contributed by atoms with E-state index in [0.29, 0.717) is 17.7 Å². The van der Waals surface area contributed by atoms with Crippen molar-refractivity contribution in [2.75, 3.05) is 26.8 Å². The van der Waals surface area contributed by atoms with Crippen molar-refractivity contribution in [1.82, 2.24) is 20.0 Å². The van der Waals surface area contributed by atoms with E-state index in [-0.39, 0.29) is 30.0 Å². The van der Waals surface area contributed by atoms with Gasteiger partial charge < -0.3 is 29.5 Å². The van der Waals surface area contributed by atoms with Gasteiger partial charge >= 0.3 is 0 Å². The van der Waals surface area contributed by atoms with Crippen molar-refractivity contribution < 1.29 is 14.3 Å². The van der Waals surface area contributed by atoms with Crippen molar-refractivity contribution in [3.05, 3.63) is 92.7 Å². The Hall–Kier alpha value is -3.88. The summed E-state index contributed by atoms with van der Waals surface area (Å²) in [5.41, 5.74) is 7.55.